The summed E-state index contributed by atoms with van der Waals surface area (Å²) in [6.07, 6.45) is -2.39. The monoisotopic (exact) mass is 508 g/mol. The average molecular weight is 509 g/mol. The molecule has 1 aromatic carbocycles. The molecule has 0 aliphatic heterocycles. The molecule has 1 aromatic rings. The number of carboxylic acids is 2. The smallest absolute Gasteiger partial charge is 0.408 e. The Kier molecular flexibility index (Phi) is 12.4. The molecule has 0 spiro atoms. The number of alkyl carbamates (subject to hydrolysis) is 1. The van der Waals surface area contributed by atoms with Crippen LogP contribution in [0.2, 0.25) is 0 Å². The molecular weight excluding hydrogens is 476 g/mol. The summed E-state index contributed by atoms with van der Waals surface area (Å²) in [5.41, 5.74) is 0.727. The highest BCUT2D eigenvalue weighted by molar-refractivity contribution is 5.95. The first kappa shape index (κ1) is 29.9. The molecule has 1 rings (SSSR count). The Labute approximate surface area is 208 Å². The lowest BCUT2D eigenvalue weighted by molar-refractivity contribution is -0.141. The lowest BCUT2D eigenvalue weighted by Crippen LogP contribution is -2.58. The van der Waals surface area contributed by atoms with E-state index in [4.69, 9.17) is 9.84 Å². The topological polar surface area (TPSA) is 200 Å². The van der Waals surface area contributed by atoms with Crippen molar-refractivity contribution in [1.82, 2.24) is 21.3 Å². The summed E-state index contributed by atoms with van der Waals surface area (Å²) in [4.78, 5) is 72.0. The number of carboxylic acid groups (broad SMARTS) is 2. The Morgan fingerprint density at radius 1 is 0.833 bits per heavy atom. The molecule has 0 saturated heterocycles. The molecule has 0 unspecified atom stereocenters. The standard InChI is InChI=1S/C23H32N4O9/c1-13(2)19(27-23(35)36-12-14-7-5-4-6-8-14)22(34)26-16(11-18(30)31)21(33)25-15(20(32)24-3)9-10-17(28)29/h4-8,13,15-16,19H,9-12H2,1-3H3,(H,24,32)(H,25,33)(H,26,34)(H,27,35)(H,28,29)(H,30,31)/t15-,16-,19-/m0/s1. The quantitative estimate of drug-likeness (QED) is 0.200. The van der Waals surface area contributed by atoms with Gasteiger partial charge in [0.2, 0.25) is 17.7 Å². The van der Waals surface area contributed by atoms with Crippen LogP contribution in [0.15, 0.2) is 30.3 Å². The summed E-state index contributed by atoms with van der Waals surface area (Å²) in [5.74, 6) is -5.60. The van der Waals surface area contributed by atoms with E-state index in [0.717, 1.165) is 5.56 Å². The highest BCUT2D eigenvalue weighted by Gasteiger charge is 2.32. The van der Waals surface area contributed by atoms with Crippen molar-refractivity contribution >= 4 is 35.8 Å². The maximum atomic E-state index is 12.9. The van der Waals surface area contributed by atoms with Crippen LogP contribution in [0, 0.1) is 5.92 Å². The van der Waals surface area contributed by atoms with Crippen LogP contribution in [0.1, 0.15) is 38.7 Å². The van der Waals surface area contributed by atoms with E-state index in [1.807, 2.05) is 0 Å². The number of carbonyl (C=O) groups excluding carboxylic acids is 4. The second kappa shape index (κ2) is 15.0. The maximum absolute atomic E-state index is 12.9. The van der Waals surface area contributed by atoms with Crippen LogP contribution in [-0.2, 0) is 35.3 Å². The summed E-state index contributed by atoms with van der Waals surface area (Å²) >= 11 is 0. The number of nitrogens with one attached hydrogen (secondary N) is 4. The Morgan fingerprint density at radius 3 is 1.97 bits per heavy atom. The Balaban J connectivity index is 2.89. The minimum Gasteiger partial charge on any atom is -0.481 e. The molecule has 0 heterocycles. The van der Waals surface area contributed by atoms with E-state index in [-0.39, 0.29) is 13.0 Å². The highest BCUT2D eigenvalue weighted by atomic mass is 16.5. The molecule has 4 amide bonds. The fourth-order valence-electron chi connectivity index (χ4n) is 3.06. The predicted molar refractivity (Wildman–Crippen MR) is 125 cm³/mol. The van der Waals surface area contributed by atoms with Crippen LogP contribution in [0.3, 0.4) is 0 Å². The number of benzene rings is 1. The van der Waals surface area contributed by atoms with E-state index in [1.165, 1.54) is 7.05 Å². The third-order valence-electron chi connectivity index (χ3n) is 4.97. The SMILES string of the molecule is CNC(=O)[C@H](CCC(=O)O)NC(=O)[C@H](CC(=O)O)NC(=O)[C@@H](NC(=O)OCc1ccccc1)C(C)C. The molecular formula is C23H32N4O9. The Morgan fingerprint density at radius 2 is 1.44 bits per heavy atom. The zero-order valence-electron chi connectivity index (χ0n) is 20.3. The van der Waals surface area contributed by atoms with Gasteiger partial charge in [-0.05, 0) is 17.9 Å². The van der Waals surface area contributed by atoms with E-state index < -0.39 is 72.6 Å². The predicted octanol–water partition coefficient (Wildman–Crippen LogP) is -0.00750. The van der Waals surface area contributed by atoms with Crippen molar-refractivity contribution in [2.75, 3.05) is 7.05 Å². The van der Waals surface area contributed by atoms with Crippen LogP contribution < -0.4 is 21.3 Å². The number of aliphatic carboxylic acids is 2. The third-order valence-corrected chi connectivity index (χ3v) is 4.97. The van der Waals surface area contributed by atoms with Gasteiger partial charge in [-0.2, -0.15) is 0 Å². The lowest BCUT2D eigenvalue weighted by Gasteiger charge is -2.25. The average Bonchev–Trinajstić information content (AvgIpc) is 2.82. The first-order chi connectivity index (χ1) is 16.9. The van der Waals surface area contributed by atoms with Crippen molar-refractivity contribution in [2.45, 2.75) is 57.8 Å². The minimum absolute atomic E-state index is 0.0413. The summed E-state index contributed by atoms with van der Waals surface area (Å²) in [7, 11) is 1.29. The molecule has 13 nitrogen and oxygen atoms in total. The first-order valence-electron chi connectivity index (χ1n) is 11.2. The summed E-state index contributed by atoms with van der Waals surface area (Å²) in [6.45, 7) is 3.21. The molecule has 0 aliphatic rings. The van der Waals surface area contributed by atoms with Crippen molar-refractivity contribution in [2.24, 2.45) is 5.92 Å². The number of amides is 4. The van der Waals surface area contributed by atoms with Crippen molar-refractivity contribution < 1.29 is 43.7 Å². The molecule has 0 bridgehead atoms. The molecule has 0 aliphatic carbocycles. The van der Waals surface area contributed by atoms with Crippen molar-refractivity contribution in [3.63, 3.8) is 0 Å². The number of ether oxygens (including phenoxy) is 1. The van der Waals surface area contributed by atoms with Crippen LogP contribution in [0.25, 0.3) is 0 Å². The largest absolute Gasteiger partial charge is 0.481 e. The van der Waals surface area contributed by atoms with Crippen molar-refractivity contribution in [3.05, 3.63) is 35.9 Å². The molecule has 13 heteroatoms. The van der Waals surface area contributed by atoms with Gasteiger partial charge in [0.15, 0.2) is 0 Å². The molecule has 6 N–H and O–H groups in total. The molecule has 0 radical (unpaired) electrons. The number of rotatable bonds is 14. The second-order valence-electron chi connectivity index (χ2n) is 8.19. The van der Waals surface area contributed by atoms with Gasteiger partial charge in [-0.25, -0.2) is 4.79 Å². The van der Waals surface area contributed by atoms with E-state index in [2.05, 4.69) is 21.3 Å². The van der Waals surface area contributed by atoms with E-state index in [9.17, 15) is 33.9 Å². The fourth-order valence-corrected chi connectivity index (χ4v) is 3.06. The van der Waals surface area contributed by atoms with Gasteiger partial charge in [-0.1, -0.05) is 44.2 Å². The van der Waals surface area contributed by atoms with E-state index >= 15 is 0 Å². The number of hydrogen-bond donors (Lipinski definition) is 6. The fraction of sp³-hybridized carbons (Fsp3) is 0.478. The molecule has 198 valence electrons. The van der Waals surface area contributed by atoms with E-state index in [0.29, 0.717) is 0 Å². The summed E-state index contributed by atoms with van der Waals surface area (Å²) in [5, 5.41) is 27.3. The van der Waals surface area contributed by atoms with Crippen molar-refractivity contribution in [3.8, 4) is 0 Å². The van der Waals surface area contributed by atoms with Crippen LogP contribution >= 0.6 is 0 Å². The summed E-state index contributed by atoms with van der Waals surface area (Å²) < 4.78 is 5.12. The third kappa shape index (κ3) is 10.8. The molecule has 3 atom stereocenters. The first-order valence-corrected chi connectivity index (χ1v) is 11.2. The van der Waals surface area contributed by atoms with Gasteiger partial charge in [0, 0.05) is 13.5 Å². The van der Waals surface area contributed by atoms with Gasteiger partial charge >= 0.3 is 18.0 Å². The molecule has 36 heavy (non-hydrogen) atoms. The van der Waals surface area contributed by atoms with Gasteiger partial charge in [0.25, 0.3) is 0 Å². The van der Waals surface area contributed by atoms with Gasteiger partial charge in [-0.3, -0.25) is 24.0 Å². The Hall–Kier alpha value is -4.16. The highest BCUT2D eigenvalue weighted by Crippen LogP contribution is 2.07. The Bertz CT molecular complexity index is 937. The minimum atomic E-state index is -1.60. The van der Waals surface area contributed by atoms with Gasteiger partial charge < -0.3 is 36.2 Å². The second-order valence-corrected chi connectivity index (χ2v) is 8.19. The maximum Gasteiger partial charge on any atom is 0.408 e. The van der Waals surface area contributed by atoms with E-state index in [1.54, 1.807) is 44.2 Å². The normalized spacial score (nSPS) is 13.0. The number of likely N-dealkylation sites (N-methyl/N-ethyl adjacent to an activating group) is 1. The van der Waals surface area contributed by atoms with Gasteiger partial charge in [0.05, 0.1) is 6.42 Å². The zero-order chi connectivity index (χ0) is 27.3. The summed E-state index contributed by atoms with van der Waals surface area (Å²) in [6, 6.07) is 4.80. The molecule has 0 saturated carbocycles. The number of carbonyl (C=O) groups is 6. The number of hydrogen-bond acceptors (Lipinski definition) is 7. The lowest BCUT2D eigenvalue weighted by atomic mass is 10.0. The van der Waals surface area contributed by atoms with Crippen molar-refractivity contribution in [1.29, 1.82) is 0 Å². The zero-order valence-corrected chi connectivity index (χ0v) is 20.3. The van der Waals surface area contributed by atoms with Crippen LogP contribution in [0.5, 0.6) is 0 Å². The molecule has 0 aromatic heterocycles. The molecule has 0 fully saturated rings. The van der Waals surface area contributed by atoms with Gasteiger partial charge in [-0.15, -0.1) is 0 Å². The van der Waals surface area contributed by atoms with Gasteiger partial charge in [0.1, 0.15) is 24.7 Å². The van der Waals surface area contributed by atoms with Crippen LogP contribution in [0.4, 0.5) is 4.79 Å². The van der Waals surface area contributed by atoms with Crippen LogP contribution in [-0.4, -0.2) is 71.1 Å².